The van der Waals surface area contributed by atoms with E-state index >= 15 is 0 Å². The molecule has 9 nitrogen and oxygen atoms in total. The van der Waals surface area contributed by atoms with E-state index in [4.69, 9.17) is 23.7 Å². The number of hydrogen-bond donors (Lipinski definition) is 0. The quantitative estimate of drug-likeness (QED) is 0.0603. The van der Waals surface area contributed by atoms with Crippen LogP contribution in [0, 0.1) is 13.8 Å². The van der Waals surface area contributed by atoms with Crippen molar-refractivity contribution < 1.29 is 42.9 Å². The van der Waals surface area contributed by atoms with E-state index in [1.807, 2.05) is 65.8 Å². The van der Waals surface area contributed by atoms with Crippen LogP contribution in [0.3, 0.4) is 0 Å². The Morgan fingerprint density at radius 1 is 0.407 bits per heavy atom. The molecule has 9 heteroatoms. The van der Waals surface area contributed by atoms with Crippen molar-refractivity contribution in [1.82, 2.24) is 0 Å². The first-order chi connectivity index (χ1) is 28.0. The van der Waals surface area contributed by atoms with E-state index in [1.54, 1.807) is 0 Å². The molecule has 6 aromatic rings. The predicted octanol–water partition coefficient (Wildman–Crippen LogP) is 10.7. The molecule has 0 aliphatic rings. The highest BCUT2D eigenvalue weighted by Gasteiger charge is 2.26. The normalized spacial score (nSPS) is 13.5. The molecule has 0 radical (unpaired) electrons. The first kappa shape index (κ1) is 42.6. The summed E-state index contributed by atoms with van der Waals surface area (Å²) in [4.78, 5) is 48.7. The second-order valence-corrected chi connectivity index (χ2v) is 15.9. The average molecular weight is 799 g/mol. The lowest BCUT2D eigenvalue weighted by molar-refractivity contribution is -0.146. The molecule has 6 rings (SSSR count). The molecule has 0 spiro atoms. The maximum atomic E-state index is 12.2. The van der Waals surface area contributed by atoms with Crippen molar-refractivity contribution in [3.8, 4) is 11.5 Å². The number of carbonyl (C=O) groups is 4. The van der Waals surface area contributed by atoms with Crippen LogP contribution in [0.2, 0.25) is 0 Å². The molecular weight excluding hydrogens is 745 g/mol. The molecule has 0 saturated heterocycles. The Bertz CT molecular complexity index is 2430. The number of carbonyl (C=O) groups excluding carboxylic acids is 4. The second-order valence-electron chi connectivity index (χ2n) is 15.9. The van der Waals surface area contributed by atoms with E-state index in [0.717, 1.165) is 76.5 Å². The van der Waals surface area contributed by atoms with E-state index in [-0.39, 0.29) is 23.9 Å². The minimum atomic E-state index is -0.444. The van der Waals surface area contributed by atoms with Crippen LogP contribution in [0.4, 0.5) is 0 Å². The number of benzene rings is 6. The average Bonchev–Trinajstić information content (AvgIpc) is 3.14. The van der Waals surface area contributed by atoms with Gasteiger partial charge in [-0.05, 0) is 107 Å². The standard InChI is InChI=1S/C50H54O9/c1-27-19-21-41-43(23-29(3)55-33(7)51)37-15-11-13-17-39(37)45(25-31(5)57-35(9)53)47(41)49(27)59-50-28(2)20-22-42-44(24-30(4)56-34(8)52)38-16-12-14-18-40(38)46(48(42)50)26-32(6)58-36(10)54/h11-22,29-32H,23-26H2,1-10H3. The van der Waals surface area contributed by atoms with Crippen molar-refractivity contribution in [2.75, 3.05) is 0 Å². The molecule has 4 atom stereocenters. The zero-order chi connectivity index (χ0) is 42.7. The summed E-state index contributed by atoms with van der Waals surface area (Å²) in [6.45, 7) is 17.3. The van der Waals surface area contributed by atoms with Gasteiger partial charge in [0.2, 0.25) is 0 Å². The Morgan fingerprint density at radius 2 is 0.678 bits per heavy atom. The van der Waals surface area contributed by atoms with Crippen molar-refractivity contribution in [3.63, 3.8) is 0 Å². The van der Waals surface area contributed by atoms with E-state index in [1.165, 1.54) is 27.7 Å². The Balaban J connectivity index is 1.71. The van der Waals surface area contributed by atoms with Crippen molar-refractivity contribution in [3.05, 3.63) is 106 Å². The lowest BCUT2D eigenvalue weighted by atomic mass is 9.85. The lowest BCUT2D eigenvalue weighted by Gasteiger charge is -2.26. The maximum Gasteiger partial charge on any atom is 0.302 e. The molecule has 0 N–H and O–H groups in total. The van der Waals surface area contributed by atoms with Gasteiger partial charge in [0.05, 0.1) is 0 Å². The van der Waals surface area contributed by atoms with E-state index < -0.39 is 24.4 Å². The van der Waals surface area contributed by atoms with Gasteiger partial charge in [0.25, 0.3) is 0 Å². The smallest absolute Gasteiger partial charge is 0.302 e. The molecule has 0 amide bonds. The zero-order valence-corrected chi connectivity index (χ0v) is 35.7. The summed E-state index contributed by atoms with van der Waals surface area (Å²) in [6.07, 6.45) is 0.0512. The third-order valence-electron chi connectivity index (χ3n) is 10.8. The molecule has 59 heavy (non-hydrogen) atoms. The van der Waals surface area contributed by atoms with Gasteiger partial charge in [0.1, 0.15) is 35.9 Å². The van der Waals surface area contributed by atoms with Crippen molar-refractivity contribution >= 4 is 67.0 Å². The number of fused-ring (bicyclic) bond motifs is 4. The van der Waals surface area contributed by atoms with Gasteiger partial charge in [-0.2, -0.15) is 0 Å². The highest BCUT2D eigenvalue weighted by atomic mass is 16.6. The Kier molecular flexibility index (Phi) is 12.9. The summed E-state index contributed by atoms with van der Waals surface area (Å²) >= 11 is 0. The van der Waals surface area contributed by atoms with Crippen LogP contribution in [0.1, 0.15) is 88.8 Å². The van der Waals surface area contributed by atoms with Crippen LogP contribution in [0.25, 0.3) is 43.1 Å². The maximum absolute atomic E-state index is 12.2. The third kappa shape index (κ3) is 9.35. The predicted molar refractivity (Wildman–Crippen MR) is 232 cm³/mol. The zero-order valence-electron chi connectivity index (χ0n) is 35.7. The van der Waals surface area contributed by atoms with Gasteiger partial charge in [-0.25, -0.2) is 0 Å². The minimum Gasteiger partial charge on any atom is -0.463 e. The molecule has 6 aromatic carbocycles. The fraction of sp³-hybridized carbons (Fsp3) is 0.360. The van der Waals surface area contributed by atoms with Crippen LogP contribution < -0.4 is 4.74 Å². The van der Waals surface area contributed by atoms with Crippen LogP contribution >= 0.6 is 0 Å². The van der Waals surface area contributed by atoms with Gasteiger partial charge in [-0.3, -0.25) is 19.2 Å². The van der Waals surface area contributed by atoms with Gasteiger partial charge < -0.3 is 23.7 Å². The van der Waals surface area contributed by atoms with Gasteiger partial charge >= 0.3 is 23.9 Å². The molecule has 0 bridgehead atoms. The van der Waals surface area contributed by atoms with Crippen molar-refractivity contribution in [1.29, 1.82) is 0 Å². The molecule has 0 fully saturated rings. The molecule has 0 heterocycles. The number of esters is 4. The fourth-order valence-corrected chi connectivity index (χ4v) is 8.73. The summed E-state index contributed by atoms with van der Waals surface area (Å²) in [5.41, 5.74) is 5.74. The van der Waals surface area contributed by atoms with E-state index in [9.17, 15) is 19.2 Å². The molecule has 0 aliphatic heterocycles. The van der Waals surface area contributed by atoms with Crippen molar-refractivity contribution in [2.24, 2.45) is 0 Å². The molecule has 0 saturated carbocycles. The van der Waals surface area contributed by atoms with Gasteiger partial charge in [-0.15, -0.1) is 0 Å². The summed E-state index contributed by atoms with van der Waals surface area (Å²) < 4.78 is 30.3. The molecular formula is C50H54O9. The van der Waals surface area contributed by atoms with Crippen LogP contribution in [-0.4, -0.2) is 48.3 Å². The van der Waals surface area contributed by atoms with E-state index in [0.29, 0.717) is 37.2 Å². The Hall–Kier alpha value is -5.96. The third-order valence-corrected chi connectivity index (χ3v) is 10.8. The number of hydrogen-bond acceptors (Lipinski definition) is 9. The highest BCUT2D eigenvalue weighted by molar-refractivity contribution is 6.11. The molecule has 0 aliphatic carbocycles. The molecule has 308 valence electrons. The first-order valence-corrected chi connectivity index (χ1v) is 20.3. The molecule has 4 unspecified atom stereocenters. The number of rotatable bonds is 14. The highest BCUT2D eigenvalue weighted by Crippen LogP contribution is 2.47. The van der Waals surface area contributed by atoms with Gasteiger partial charge in [0, 0.05) is 64.2 Å². The summed E-state index contributed by atoms with van der Waals surface area (Å²) in [7, 11) is 0. The first-order valence-electron chi connectivity index (χ1n) is 20.3. The number of ether oxygens (including phenoxy) is 5. The van der Waals surface area contributed by atoms with Gasteiger partial charge in [0.15, 0.2) is 0 Å². The molecule has 0 aromatic heterocycles. The minimum absolute atomic E-state index is 0.350. The second kappa shape index (κ2) is 17.9. The fourth-order valence-electron chi connectivity index (χ4n) is 8.73. The van der Waals surface area contributed by atoms with E-state index in [2.05, 4.69) is 48.5 Å². The Morgan fingerprint density at radius 3 is 0.966 bits per heavy atom. The SMILES string of the molecule is CC(=O)OC(C)Cc1c2ccccc2c(CC(C)OC(C)=O)c2c(Oc3c(C)ccc4c(CC(C)OC(C)=O)c5ccccc5c(CC(C)OC(C)=O)c34)c(C)ccc12. The summed E-state index contributed by atoms with van der Waals surface area (Å²) in [6, 6.07) is 24.6. The van der Waals surface area contributed by atoms with Crippen LogP contribution in [0.5, 0.6) is 11.5 Å². The topological polar surface area (TPSA) is 114 Å². The Labute approximate surface area is 345 Å². The van der Waals surface area contributed by atoms with Crippen molar-refractivity contribution in [2.45, 2.75) is 119 Å². The largest absolute Gasteiger partial charge is 0.463 e. The summed E-state index contributed by atoms with van der Waals surface area (Å²) in [5, 5.41) is 7.63. The summed E-state index contributed by atoms with van der Waals surface area (Å²) in [5.74, 6) is -0.124. The van der Waals surface area contributed by atoms with Crippen LogP contribution in [-0.2, 0) is 63.8 Å². The number of aryl methyl sites for hydroxylation is 2. The monoisotopic (exact) mass is 798 g/mol. The van der Waals surface area contributed by atoms with Crippen LogP contribution in [0.15, 0.2) is 72.8 Å². The lowest BCUT2D eigenvalue weighted by Crippen LogP contribution is -2.18. The van der Waals surface area contributed by atoms with Gasteiger partial charge in [-0.1, -0.05) is 72.8 Å².